The molecular formula is C16H15ClN2O. The van der Waals surface area contributed by atoms with Gasteiger partial charge in [-0.05, 0) is 30.7 Å². The van der Waals surface area contributed by atoms with E-state index in [2.05, 4.69) is 22.5 Å². The second-order valence-electron chi connectivity index (χ2n) is 4.76. The first-order valence-electron chi connectivity index (χ1n) is 6.37. The fraction of sp³-hybridized carbons (Fsp3) is 0.188. The number of aromatic nitrogens is 2. The molecule has 3 nitrogen and oxygen atoms in total. The fourth-order valence-corrected chi connectivity index (χ4v) is 2.86. The Bertz CT molecular complexity index is 793. The zero-order valence-electron chi connectivity index (χ0n) is 11.6. The summed E-state index contributed by atoms with van der Waals surface area (Å²) in [6.07, 6.45) is 1.83. The molecule has 0 aliphatic heterocycles. The van der Waals surface area contributed by atoms with Crippen LogP contribution in [0.1, 0.15) is 5.56 Å². The van der Waals surface area contributed by atoms with Gasteiger partial charge >= 0.3 is 0 Å². The van der Waals surface area contributed by atoms with Crippen molar-refractivity contribution in [3.8, 4) is 17.0 Å². The summed E-state index contributed by atoms with van der Waals surface area (Å²) in [6, 6.07) is 9.91. The Balaban J connectivity index is 2.37. The molecule has 0 radical (unpaired) electrons. The van der Waals surface area contributed by atoms with Crippen molar-refractivity contribution in [2.75, 3.05) is 7.11 Å². The van der Waals surface area contributed by atoms with Crippen LogP contribution in [0.5, 0.6) is 5.75 Å². The summed E-state index contributed by atoms with van der Waals surface area (Å²) in [6.45, 7) is 2.10. The average Bonchev–Trinajstić information content (AvgIpc) is 2.70. The monoisotopic (exact) mass is 286 g/mol. The number of hydrogen-bond donors (Lipinski definition) is 0. The Labute approximate surface area is 122 Å². The van der Waals surface area contributed by atoms with Crippen LogP contribution in [0.3, 0.4) is 0 Å². The van der Waals surface area contributed by atoms with Gasteiger partial charge in [-0.25, -0.2) is 4.98 Å². The molecule has 0 saturated heterocycles. The molecular weight excluding hydrogens is 272 g/mol. The Morgan fingerprint density at radius 2 is 2.00 bits per heavy atom. The molecule has 3 rings (SSSR count). The quantitative estimate of drug-likeness (QED) is 0.660. The highest BCUT2D eigenvalue weighted by Crippen LogP contribution is 2.37. The van der Waals surface area contributed by atoms with Crippen LogP contribution in [-0.4, -0.2) is 16.7 Å². The molecule has 2 aromatic heterocycles. The van der Waals surface area contributed by atoms with Crippen molar-refractivity contribution in [3.05, 3.63) is 47.2 Å². The number of ether oxygens (including phenoxy) is 1. The molecule has 0 spiro atoms. The predicted molar refractivity (Wildman–Crippen MR) is 82.4 cm³/mol. The Morgan fingerprint density at radius 3 is 2.75 bits per heavy atom. The third kappa shape index (κ3) is 1.86. The van der Waals surface area contributed by atoms with E-state index in [1.54, 1.807) is 7.11 Å². The van der Waals surface area contributed by atoms with Gasteiger partial charge in [0, 0.05) is 24.2 Å². The first kappa shape index (κ1) is 13.0. The van der Waals surface area contributed by atoms with E-state index in [0.717, 1.165) is 27.9 Å². The Kier molecular flexibility index (Phi) is 3.14. The third-order valence-corrected chi connectivity index (χ3v) is 3.87. The molecule has 0 amide bonds. The second-order valence-corrected chi connectivity index (χ2v) is 5.14. The SMILES string of the molecule is COc1ccccc1-c1c(C)c2cnc(Cl)cc2n1C. The van der Waals surface area contributed by atoms with Crippen LogP contribution >= 0.6 is 11.6 Å². The molecule has 0 bridgehead atoms. The summed E-state index contributed by atoms with van der Waals surface area (Å²) in [4.78, 5) is 4.18. The molecule has 0 atom stereocenters. The van der Waals surface area contributed by atoms with E-state index in [4.69, 9.17) is 16.3 Å². The fourth-order valence-electron chi connectivity index (χ4n) is 2.71. The van der Waals surface area contributed by atoms with Crippen LogP contribution in [0.2, 0.25) is 5.15 Å². The Hall–Kier alpha value is -2.00. The van der Waals surface area contributed by atoms with Crippen LogP contribution in [-0.2, 0) is 7.05 Å². The number of rotatable bonds is 2. The topological polar surface area (TPSA) is 27.1 Å². The van der Waals surface area contributed by atoms with Crippen molar-refractivity contribution in [1.82, 2.24) is 9.55 Å². The minimum absolute atomic E-state index is 0.504. The van der Waals surface area contributed by atoms with Gasteiger partial charge < -0.3 is 9.30 Å². The lowest BCUT2D eigenvalue weighted by Gasteiger charge is -2.10. The van der Waals surface area contributed by atoms with Crippen LogP contribution in [0.4, 0.5) is 0 Å². The van der Waals surface area contributed by atoms with Crippen LogP contribution in [0, 0.1) is 6.92 Å². The second kappa shape index (κ2) is 4.84. The van der Waals surface area contributed by atoms with E-state index < -0.39 is 0 Å². The van der Waals surface area contributed by atoms with Gasteiger partial charge in [-0.1, -0.05) is 23.7 Å². The van der Waals surface area contributed by atoms with Crippen molar-refractivity contribution < 1.29 is 4.74 Å². The molecule has 0 aliphatic carbocycles. The maximum absolute atomic E-state index is 6.01. The highest BCUT2D eigenvalue weighted by Gasteiger charge is 2.16. The summed E-state index contributed by atoms with van der Waals surface area (Å²) in [7, 11) is 3.72. The zero-order valence-corrected chi connectivity index (χ0v) is 12.4. The minimum atomic E-state index is 0.504. The van der Waals surface area contributed by atoms with Crippen molar-refractivity contribution >= 4 is 22.5 Å². The maximum atomic E-state index is 6.01. The highest BCUT2D eigenvalue weighted by molar-refractivity contribution is 6.30. The molecule has 4 heteroatoms. The Morgan fingerprint density at radius 1 is 1.25 bits per heavy atom. The predicted octanol–water partition coefficient (Wildman–Crippen LogP) is 4.21. The van der Waals surface area contributed by atoms with Crippen molar-refractivity contribution in [1.29, 1.82) is 0 Å². The zero-order chi connectivity index (χ0) is 14.3. The number of fused-ring (bicyclic) bond motifs is 1. The number of nitrogens with zero attached hydrogens (tertiary/aromatic N) is 2. The molecule has 102 valence electrons. The molecule has 20 heavy (non-hydrogen) atoms. The number of para-hydroxylation sites is 1. The van der Waals surface area contributed by atoms with Gasteiger partial charge in [-0.15, -0.1) is 0 Å². The van der Waals surface area contributed by atoms with Gasteiger partial charge in [0.25, 0.3) is 0 Å². The van der Waals surface area contributed by atoms with Gasteiger partial charge in [0.1, 0.15) is 10.9 Å². The number of halogens is 1. The average molecular weight is 287 g/mol. The molecule has 0 saturated carbocycles. The van der Waals surface area contributed by atoms with Crippen LogP contribution in [0.25, 0.3) is 22.2 Å². The standard InChI is InChI=1S/C16H15ClN2O/c1-10-12-9-18-15(17)8-13(12)19(2)16(10)11-6-4-5-7-14(11)20-3/h4-9H,1-3H3. The van der Waals surface area contributed by atoms with Crippen molar-refractivity contribution in [2.24, 2.45) is 7.05 Å². The smallest absolute Gasteiger partial charge is 0.131 e. The third-order valence-electron chi connectivity index (χ3n) is 3.67. The summed E-state index contributed by atoms with van der Waals surface area (Å²) < 4.78 is 7.61. The molecule has 0 aliphatic rings. The summed E-state index contributed by atoms with van der Waals surface area (Å²) in [5.74, 6) is 0.862. The van der Waals surface area contributed by atoms with Crippen molar-refractivity contribution in [2.45, 2.75) is 6.92 Å². The number of pyridine rings is 1. The lowest BCUT2D eigenvalue weighted by atomic mass is 10.1. The van der Waals surface area contributed by atoms with Crippen LogP contribution in [0.15, 0.2) is 36.5 Å². The number of aryl methyl sites for hydroxylation is 2. The van der Waals surface area contributed by atoms with E-state index in [1.807, 2.05) is 37.5 Å². The molecule has 0 N–H and O–H groups in total. The number of methoxy groups -OCH3 is 1. The number of hydrogen-bond acceptors (Lipinski definition) is 2. The maximum Gasteiger partial charge on any atom is 0.131 e. The molecule has 0 fully saturated rings. The molecule has 1 aromatic carbocycles. The first-order valence-corrected chi connectivity index (χ1v) is 6.75. The summed E-state index contributed by atoms with van der Waals surface area (Å²) in [5, 5.41) is 1.61. The van der Waals surface area contributed by atoms with E-state index >= 15 is 0 Å². The van der Waals surface area contributed by atoms with Crippen LogP contribution < -0.4 is 4.74 Å². The molecule has 2 heterocycles. The number of benzene rings is 1. The highest BCUT2D eigenvalue weighted by atomic mass is 35.5. The molecule has 0 unspecified atom stereocenters. The lowest BCUT2D eigenvalue weighted by Crippen LogP contribution is -1.95. The van der Waals surface area contributed by atoms with Gasteiger partial charge in [-0.3, -0.25) is 0 Å². The van der Waals surface area contributed by atoms with E-state index in [1.165, 1.54) is 5.56 Å². The lowest BCUT2D eigenvalue weighted by molar-refractivity contribution is 0.416. The minimum Gasteiger partial charge on any atom is -0.496 e. The first-order chi connectivity index (χ1) is 9.63. The van der Waals surface area contributed by atoms with E-state index in [9.17, 15) is 0 Å². The van der Waals surface area contributed by atoms with Gasteiger partial charge in [0.15, 0.2) is 0 Å². The van der Waals surface area contributed by atoms with Crippen molar-refractivity contribution in [3.63, 3.8) is 0 Å². The normalized spacial score (nSPS) is 11.0. The van der Waals surface area contributed by atoms with Gasteiger partial charge in [0.05, 0.1) is 18.3 Å². The van der Waals surface area contributed by atoms with E-state index in [0.29, 0.717) is 5.15 Å². The summed E-state index contributed by atoms with van der Waals surface area (Å²) >= 11 is 6.01. The van der Waals surface area contributed by atoms with Gasteiger partial charge in [0.2, 0.25) is 0 Å². The van der Waals surface area contributed by atoms with Gasteiger partial charge in [-0.2, -0.15) is 0 Å². The largest absolute Gasteiger partial charge is 0.496 e. The van der Waals surface area contributed by atoms with E-state index in [-0.39, 0.29) is 0 Å². The molecule has 3 aromatic rings. The summed E-state index contributed by atoms with van der Waals surface area (Å²) in [5.41, 5.74) is 4.45.